The Hall–Kier alpha value is -3.73. The second kappa shape index (κ2) is 8.79. The third-order valence-corrected chi connectivity index (χ3v) is 5.44. The molecule has 0 atom stereocenters. The number of methoxy groups -OCH3 is 1. The van der Waals surface area contributed by atoms with Gasteiger partial charge in [0.2, 0.25) is 0 Å². The van der Waals surface area contributed by atoms with Crippen LogP contribution in [-0.4, -0.2) is 18.8 Å². The molecule has 0 spiro atoms. The molecule has 0 saturated heterocycles. The molecule has 0 fully saturated rings. The molecular weight excluding hydrogens is 402 g/mol. The zero-order valence-electron chi connectivity index (χ0n) is 19.0. The molecule has 1 aromatic heterocycles. The average Bonchev–Trinajstić information content (AvgIpc) is 2.97. The first-order chi connectivity index (χ1) is 15.4. The van der Waals surface area contributed by atoms with Gasteiger partial charge in [-0.05, 0) is 75.2 Å². The van der Waals surface area contributed by atoms with Crippen LogP contribution in [-0.2, 0) is 0 Å². The van der Waals surface area contributed by atoms with Crippen molar-refractivity contribution in [3.8, 4) is 28.4 Å². The lowest BCUT2D eigenvalue weighted by atomic mass is 10.1. The van der Waals surface area contributed by atoms with Gasteiger partial charge in [0.1, 0.15) is 17.3 Å². The van der Waals surface area contributed by atoms with Gasteiger partial charge in [0, 0.05) is 0 Å². The second-order valence-electron chi connectivity index (χ2n) is 7.72. The van der Waals surface area contributed by atoms with Crippen LogP contribution in [0.4, 0.5) is 5.69 Å². The highest BCUT2D eigenvalue weighted by Crippen LogP contribution is 2.36. The van der Waals surface area contributed by atoms with Crippen molar-refractivity contribution in [1.29, 1.82) is 0 Å². The van der Waals surface area contributed by atoms with Crippen LogP contribution in [0, 0.1) is 20.8 Å². The Morgan fingerprint density at radius 1 is 0.844 bits per heavy atom. The van der Waals surface area contributed by atoms with Crippen LogP contribution in [0.25, 0.3) is 21.9 Å². The smallest absolute Gasteiger partial charge is 0.161 e. The Labute approximate surface area is 187 Å². The van der Waals surface area contributed by atoms with Gasteiger partial charge in [0.25, 0.3) is 0 Å². The molecule has 1 heterocycles. The maximum Gasteiger partial charge on any atom is 0.161 e. The molecule has 3 aromatic carbocycles. The molecule has 0 radical (unpaired) electrons. The van der Waals surface area contributed by atoms with Crippen LogP contribution in [0.15, 0.2) is 64.0 Å². The van der Waals surface area contributed by atoms with Gasteiger partial charge in [0.05, 0.1) is 35.5 Å². The Bertz CT molecular complexity index is 1350. The Morgan fingerprint density at radius 3 is 2.22 bits per heavy atom. The van der Waals surface area contributed by atoms with E-state index in [0.29, 0.717) is 12.4 Å². The molecule has 5 heteroatoms. The maximum atomic E-state index is 10.1. The summed E-state index contributed by atoms with van der Waals surface area (Å²) in [5, 5.41) is 12.7. The fourth-order valence-electron chi connectivity index (χ4n) is 3.90. The lowest BCUT2D eigenvalue weighted by molar-refractivity contribution is 0.344. The average molecular weight is 430 g/mol. The van der Waals surface area contributed by atoms with Gasteiger partial charge in [-0.25, -0.2) is 4.99 Å². The number of hydrogen-bond acceptors (Lipinski definition) is 5. The quantitative estimate of drug-likeness (QED) is 0.400. The molecular formula is C27H27NO4. The van der Waals surface area contributed by atoms with E-state index in [1.54, 1.807) is 6.07 Å². The number of benzene rings is 2. The van der Waals surface area contributed by atoms with E-state index in [2.05, 4.69) is 6.92 Å². The number of hydrogen-bond donors (Lipinski definition) is 1. The van der Waals surface area contributed by atoms with E-state index in [4.69, 9.17) is 18.9 Å². The van der Waals surface area contributed by atoms with Gasteiger partial charge in [-0.15, -0.1) is 0 Å². The van der Waals surface area contributed by atoms with Crippen molar-refractivity contribution in [3.05, 3.63) is 77.0 Å². The predicted octanol–water partition coefficient (Wildman–Crippen LogP) is 6.37. The summed E-state index contributed by atoms with van der Waals surface area (Å²) in [7, 11) is 1.54. The van der Waals surface area contributed by atoms with Crippen LogP contribution < -0.4 is 14.8 Å². The molecule has 32 heavy (non-hydrogen) atoms. The predicted molar refractivity (Wildman–Crippen MR) is 127 cm³/mol. The number of nitrogens with zero attached hydrogens (tertiary/aromatic N) is 1. The number of fused-ring (bicyclic) bond motifs is 1. The van der Waals surface area contributed by atoms with Crippen LogP contribution in [0.3, 0.4) is 0 Å². The Kier molecular flexibility index (Phi) is 5.91. The van der Waals surface area contributed by atoms with Crippen molar-refractivity contribution < 1.29 is 19.0 Å². The third-order valence-electron chi connectivity index (χ3n) is 5.44. The van der Waals surface area contributed by atoms with E-state index in [0.717, 1.165) is 50.2 Å². The summed E-state index contributed by atoms with van der Waals surface area (Å²) in [5.41, 5.74) is 3.81. The molecule has 0 aliphatic heterocycles. The highest BCUT2D eigenvalue weighted by atomic mass is 16.5. The van der Waals surface area contributed by atoms with E-state index >= 15 is 0 Å². The summed E-state index contributed by atoms with van der Waals surface area (Å²) >= 11 is 0. The molecule has 0 saturated carbocycles. The summed E-state index contributed by atoms with van der Waals surface area (Å²) in [4.78, 5) is 4.98. The minimum Gasteiger partial charge on any atom is -0.504 e. The van der Waals surface area contributed by atoms with Crippen molar-refractivity contribution in [3.63, 3.8) is 0 Å². The van der Waals surface area contributed by atoms with Crippen molar-refractivity contribution in [2.45, 2.75) is 27.7 Å². The molecule has 0 aliphatic carbocycles. The minimum atomic E-state index is 0.0930. The highest BCUT2D eigenvalue weighted by Gasteiger charge is 2.16. The normalized spacial score (nSPS) is 11.7. The van der Waals surface area contributed by atoms with Gasteiger partial charge in [-0.2, -0.15) is 0 Å². The third kappa shape index (κ3) is 4.06. The summed E-state index contributed by atoms with van der Waals surface area (Å²) in [6.07, 6.45) is 0. The molecule has 0 aliphatic rings. The van der Waals surface area contributed by atoms with E-state index in [-0.39, 0.29) is 5.75 Å². The first-order valence-electron chi connectivity index (χ1n) is 10.6. The fourth-order valence-corrected chi connectivity index (χ4v) is 3.90. The standard InChI is InChI=1S/C27H27NO4/c1-6-31-25-15-20(19-9-12-23(29)24(14-19)30-5)13-22(26-17(3)32-18(4)27(25)26)28-21-10-7-16(2)8-11-21/h7-15,29H,6H2,1-5H3. The van der Waals surface area contributed by atoms with Gasteiger partial charge in [-0.3, -0.25) is 0 Å². The van der Waals surface area contributed by atoms with E-state index in [1.165, 1.54) is 12.7 Å². The molecule has 1 N–H and O–H groups in total. The molecule has 4 aromatic rings. The molecule has 4 rings (SSSR count). The van der Waals surface area contributed by atoms with Crippen molar-refractivity contribution in [2.75, 3.05) is 13.7 Å². The zero-order valence-corrected chi connectivity index (χ0v) is 19.0. The summed E-state index contributed by atoms with van der Waals surface area (Å²) in [6.45, 7) is 8.42. The summed E-state index contributed by atoms with van der Waals surface area (Å²) in [5.74, 6) is 2.80. The first kappa shape index (κ1) is 21.5. The topological polar surface area (TPSA) is 64.2 Å². The molecule has 164 valence electrons. The highest BCUT2D eigenvalue weighted by molar-refractivity contribution is 5.93. The number of aryl methyl sites for hydroxylation is 3. The van der Waals surface area contributed by atoms with Gasteiger partial charge < -0.3 is 19.0 Å². The Morgan fingerprint density at radius 2 is 1.53 bits per heavy atom. The second-order valence-corrected chi connectivity index (χ2v) is 7.72. The largest absolute Gasteiger partial charge is 0.504 e. The lowest BCUT2D eigenvalue weighted by Crippen LogP contribution is -2.00. The molecule has 5 nitrogen and oxygen atoms in total. The number of aromatic hydroxyl groups is 1. The van der Waals surface area contributed by atoms with Crippen LogP contribution >= 0.6 is 0 Å². The monoisotopic (exact) mass is 429 g/mol. The van der Waals surface area contributed by atoms with Crippen molar-refractivity contribution in [2.24, 2.45) is 4.99 Å². The van der Waals surface area contributed by atoms with Crippen LogP contribution in [0.5, 0.6) is 17.2 Å². The SMILES string of the molecule is CCOc1cc(-c2ccc(O)c(OC)c2)cc(=Nc2ccc(C)cc2)c2c(C)oc(C)c12. The lowest BCUT2D eigenvalue weighted by Gasteiger charge is -2.07. The zero-order chi connectivity index (χ0) is 22.8. The molecule has 0 amide bonds. The number of phenols is 1. The van der Waals surface area contributed by atoms with Gasteiger partial charge in [0.15, 0.2) is 11.5 Å². The first-order valence-corrected chi connectivity index (χ1v) is 10.6. The Balaban J connectivity index is 2.11. The van der Waals surface area contributed by atoms with E-state index < -0.39 is 0 Å². The van der Waals surface area contributed by atoms with E-state index in [1.807, 2.05) is 69.3 Å². The molecule has 0 unspecified atom stereocenters. The molecule has 0 bridgehead atoms. The van der Waals surface area contributed by atoms with Crippen LogP contribution in [0.1, 0.15) is 24.0 Å². The fraction of sp³-hybridized carbons (Fsp3) is 0.222. The number of phenolic OH excluding ortho intramolecular Hbond substituents is 1. The van der Waals surface area contributed by atoms with Gasteiger partial charge >= 0.3 is 0 Å². The summed E-state index contributed by atoms with van der Waals surface area (Å²) < 4.78 is 17.4. The van der Waals surface area contributed by atoms with Crippen molar-refractivity contribution >= 4 is 16.5 Å². The number of ether oxygens (including phenoxy) is 2. The maximum absolute atomic E-state index is 10.1. The summed E-state index contributed by atoms with van der Waals surface area (Å²) in [6, 6.07) is 17.4. The van der Waals surface area contributed by atoms with Crippen molar-refractivity contribution in [1.82, 2.24) is 0 Å². The number of rotatable bonds is 5. The van der Waals surface area contributed by atoms with Crippen LogP contribution in [0.2, 0.25) is 0 Å². The van der Waals surface area contributed by atoms with Gasteiger partial charge in [-0.1, -0.05) is 23.8 Å². The number of furan rings is 1. The minimum absolute atomic E-state index is 0.0930. The van der Waals surface area contributed by atoms with E-state index in [9.17, 15) is 5.11 Å².